The first-order valence-corrected chi connectivity index (χ1v) is 9.44. The minimum Gasteiger partial charge on any atom is -0.496 e. The van der Waals surface area contributed by atoms with Crippen LogP contribution in [0, 0.1) is 10.1 Å². The van der Waals surface area contributed by atoms with E-state index >= 15 is 0 Å². The quantitative estimate of drug-likeness (QED) is 0.407. The zero-order chi connectivity index (χ0) is 20.4. The zero-order valence-electron chi connectivity index (χ0n) is 15.7. The van der Waals surface area contributed by atoms with E-state index in [1.54, 1.807) is 19.2 Å². The van der Waals surface area contributed by atoms with E-state index in [-0.39, 0.29) is 11.7 Å². The van der Waals surface area contributed by atoms with E-state index in [0.717, 1.165) is 28.3 Å². The normalized spacial score (nSPS) is 15.9. The average molecular weight is 408 g/mol. The SMILES string of the molecule is COc1ccccc1C1=NN(c2cccc(Cl)c2)C(c2ccc([N+](=O)[O-])cc2)C1. The highest BCUT2D eigenvalue weighted by Gasteiger charge is 2.31. The molecule has 0 amide bonds. The van der Waals surface area contributed by atoms with Crippen LogP contribution in [-0.4, -0.2) is 17.7 Å². The van der Waals surface area contributed by atoms with Crippen LogP contribution >= 0.6 is 11.6 Å². The molecule has 1 unspecified atom stereocenters. The van der Waals surface area contributed by atoms with Crippen molar-refractivity contribution in [1.82, 2.24) is 0 Å². The number of nitro groups is 1. The third-order valence-electron chi connectivity index (χ3n) is 4.89. The number of hydrogen-bond acceptors (Lipinski definition) is 5. The van der Waals surface area contributed by atoms with E-state index < -0.39 is 4.92 Å². The summed E-state index contributed by atoms with van der Waals surface area (Å²) in [6.45, 7) is 0. The Bertz CT molecular complexity index is 1080. The number of halogens is 1. The molecule has 3 aromatic carbocycles. The summed E-state index contributed by atoms with van der Waals surface area (Å²) < 4.78 is 5.51. The first kappa shape index (κ1) is 19.0. The second kappa shape index (κ2) is 7.93. The Hall–Kier alpha value is -3.38. The molecule has 1 aliphatic rings. The fourth-order valence-electron chi connectivity index (χ4n) is 3.49. The number of para-hydroxylation sites is 1. The van der Waals surface area contributed by atoms with Crippen LogP contribution in [0.2, 0.25) is 5.02 Å². The van der Waals surface area contributed by atoms with Gasteiger partial charge in [-0.1, -0.05) is 41.9 Å². The highest BCUT2D eigenvalue weighted by atomic mass is 35.5. The van der Waals surface area contributed by atoms with Crippen LogP contribution in [0.1, 0.15) is 23.6 Å². The van der Waals surface area contributed by atoms with Crippen LogP contribution in [-0.2, 0) is 0 Å². The number of anilines is 1. The summed E-state index contributed by atoms with van der Waals surface area (Å²) in [6.07, 6.45) is 0.630. The zero-order valence-corrected chi connectivity index (χ0v) is 16.4. The molecular weight excluding hydrogens is 390 g/mol. The maximum absolute atomic E-state index is 11.0. The third-order valence-corrected chi connectivity index (χ3v) is 5.12. The summed E-state index contributed by atoms with van der Waals surface area (Å²) in [6, 6.07) is 21.7. The molecule has 1 atom stereocenters. The van der Waals surface area contributed by atoms with Crippen molar-refractivity contribution in [3.63, 3.8) is 0 Å². The number of benzene rings is 3. The molecule has 29 heavy (non-hydrogen) atoms. The summed E-state index contributed by atoms with van der Waals surface area (Å²) in [7, 11) is 1.64. The van der Waals surface area contributed by atoms with Gasteiger partial charge in [-0.05, 0) is 35.9 Å². The highest BCUT2D eigenvalue weighted by molar-refractivity contribution is 6.30. The van der Waals surface area contributed by atoms with Crippen LogP contribution in [0.15, 0.2) is 77.9 Å². The van der Waals surface area contributed by atoms with E-state index in [1.165, 1.54) is 12.1 Å². The van der Waals surface area contributed by atoms with Gasteiger partial charge >= 0.3 is 0 Å². The number of non-ortho nitro benzene ring substituents is 1. The van der Waals surface area contributed by atoms with Crippen LogP contribution in [0.5, 0.6) is 5.75 Å². The van der Waals surface area contributed by atoms with Crippen molar-refractivity contribution in [1.29, 1.82) is 0 Å². The van der Waals surface area contributed by atoms with Crippen LogP contribution in [0.4, 0.5) is 11.4 Å². The molecule has 0 radical (unpaired) electrons. The van der Waals surface area contributed by atoms with Crippen molar-refractivity contribution >= 4 is 28.7 Å². The van der Waals surface area contributed by atoms with Gasteiger partial charge in [-0.15, -0.1) is 0 Å². The predicted octanol–water partition coefficient (Wildman–Crippen LogP) is 5.61. The first-order valence-electron chi connectivity index (χ1n) is 9.07. The van der Waals surface area contributed by atoms with Gasteiger partial charge in [-0.3, -0.25) is 15.1 Å². The molecule has 1 aliphatic heterocycles. The van der Waals surface area contributed by atoms with Gasteiger partial charge in [0.1, 0.15) is 5.75 Å². The molecule has 0 saturated carbocycles. The van der Waals surface area contributed by atoms with Gasteiger partial charge in [0.2, 0.25) is 0 Å². The van der Waals surface area contributed by atoms with Crippen molar-refractivity contribution < 1.29 is 9.66 Å². The largest absolute Gasteiger partial charge is 0.496 e. The predicted molar refractivity (Wildman–Crippen MR) is 114 cm³/mol. The Morgan fingerprint density at radius 1 is 1.10 bits per heavy atom. The molecule has 146 valence electrons. The number of methoxy groups -OCH3 is 1. The molecule has 0 spiro atoms. The summed E-state index contributed by atoms with van der Waals surface area (Å²) in [5.41, 5.74) is 3.65. The maximum Gasteiger partial charge on any atom is 0.269 e. The highest BCUT2D eigenvalue weighted by Crippen LogP contribution is 2.39. The smallest absolute Gasteiger partial charge is 0.269 e. The molecule has 0 aromatic heterocycles. The van der Waals surface area contributed by atoms with E-state index in [1.807, 2.05) is 53.5 Å². The molecule has 0 fully saturated rings. The first-order chi connectivity index (χ1) is 14.1. The molecule has 7 heteroatoms. The molecule has 4 rings (SSSR count). The van der Waals surface area contributed by atoms with Gasteiger partial charge in [0.25, 0.3) is 5.69 Å². The Morgan fingerprint density at radius 3 is 2.55 bits per heavy atom. The van der Waals surface area contributed by atoms with E-state index in [2.05, 4.69) is 0 Å². The van der Waals surface area contributed by atoms with Crippen LogP contribution in [0.25, 0.3) is 0 Å². The van der Waals surface area contributed by atoms with Crippen molar-refractivity contribution in [2.45, 2.75) is 12.5 Å². The van der Waals surface area contributed by atoms with E-state index in [0.29, 0.717) is 11.4 Å². The van der Waals surface area contributed by atoms with Crippen molar-refractivity contribution in [2.24, 2.45) is 5.10 Å². The van der Waals surface area contributed by atoms with Gasteiger partial charge in [0.05, 0.1) is 29.5 Å². The Labute approximate surface area is 173 Å². The summed E-state index contributed by atoms with van der Waals surface area (Å²) in [5, 5.41) is 18.4. The molecule has 1 heterocycles. The van der Waals surface area contributed by atoms with Gasteiger partial charge in [0.15, 0.2) is 0 Å². The fourth-order valence-corrected chi connectivity index (χ4v) is 3.68. The minimum atomic E-state index is -0.399. The molecule has 3 aromatic rings. The Kier molecular flexibility index (Phi) is 5.18. The topological polar surface area (TPSA) is 68.0 Å². The van der Waals surface area contributed by atoms with Gasteiger partial charge in [-0.2, -0.15) is 5.10 Å². The molecule has 0 bridgehead atoms. The van der Waals surface area contributed by atoms with Crippen LogP contribution < -0.4 is 9.75 Å². The van der Waals surface area contributed by atoms with Crippen LogP contribution in [0.3, 0.4) is 0 Å². The lowest BCUT2D eigenvalue weighted by molar-refractivity contribution is -0.384. The summed E-state index contributed by atoms with van der Waals surface area (Å²) >= 11 is 6.20. The van der Waals surface area contributed by atoms with E-state index in [9.17, 15) is 10.1 Å². The lowest BCUT2D eigenvalue weighted by Gasteiger charge is -2.24. The summed E-state index contributed by atoms with van der Waals surface area (Å²) in [4.78, 5) is 10.6. The second-order valence-electron chi connectivity index (χ2n) is 6.64. The number of rotatable bonds is 5. The lowest BCUT2D eigenvalue weighted by Crippen LogP contribution is -2.18. The standard InChI is InChI=1S/C22H18ClN3O3/c1-29-22-8-3-2-7-19(22)20-14-21(15-9-11-17(12-10-15)26(27)28)25(24-20)18-6-4-5-16(23)13-18/h2-13,21H,14H2,1H3. The monoisotopic (exact) mass is 407 g/mol. The second-order valence-corrected chi connectivity index (χ2v) is 7.08. The average Bonchev–Trinajstić information content (AvgIpc) is 3.19. The number of hydrogen-bond donors (Lipinski definition) is 0. The summed E-state index contributed by atoms with van der Waals surface area (Å²) in [5.74, 6) is 0.752. The van der Waals surface area contributed by atoms with E-state index in [4.69, 9.17) is 21.4 Å². The van der Waals surface area contributed by atoms with Gasteiger partial charge in [-0.25, -0.2) is 0 Å². The maximum atomic E-state index is 11.0. The Morgan fingerprint density at radius 2 is 1.86 bits per heavy atom. The number of nitrogens with zero attached hydrogens (tertiary/aromatic N) is 3. The van der Waals surface area contributed by atoms with Crippen molar-refractivity contribution in [2.75, 3.05) is 12.1 Å². The third kappa shape index (κ3) is 3.79. The molecule has 6 nitrogen and oxygen atoms in total. The molecule has 0 aliphatic carbocycles. The molecular formula is C22H18ClN3O3. The number of ether oxygens (including phenoxy) is 1. The Balaban J connectivity index is 1.77. The molecule has 0 saturated heterocycles. The van der Waals surface area contributed by atoms with Gasteiger partial charge in [0, 0.05) is 29.1 Å². The van der Waals surface area contributed by atoms with Crippen molar-refractivity contribution in [3.05, 3.63) is 99.1 Å². The number of nitro benzene ring substituents is 1. The minimum absolute atomic E-state index is 0.0620. The molecule has 0 N–H and O–H groups in total. The lowest BCUT2D eigenvalue weighted by atomic mass is 9.97. The fraction of sp³-hybridized carbons (Fsp3) is 0.136. The van der Waals surface area contributed by atoms with Crippen molar-refractivity contribution in [3.8, 4) is 5.75 Å². The van der Waals surface area contributed by atoms with Gasteiger partial charge < -0.3 is 4.74 Å². The number of hydrazone groups is 1.